The van der Waals surface area contributed by atoms with Crippen molar-refractivity contribution < 1.29 is 18.1 Å². The highest BCUT2D eigenvalue weighted by Gasteiger charge is 2.17. The van der Waals surface area contributed by atoms with Crippen molar-refractivity contribution >= 4 is 21.4 Å². The van der Waals surface area contributed by atoms with Crippen molar-refractivity contribution in [2.75, 3.05) is 18.5 Å². The Labute approximate surface area is 123 Å². The number of nitrogens with one attached hydrogen (secondary N) is 1. The largest absolute Gasteiger partial charge is 0.379 e. The number of benzene rings is 1. The van der Waals surface area contributed by atoms with Crippen molar-refractivity contribution in [3.63, 3.8) is 0 Å². The van der Waals surface area contributed by atoms with Crippen LogP contribution in [0.25, 0.3) is 0 Å². The summed E-state index contributed by atoms with van der Waals surface area (Å²) in [5, 5.41) is 18.8. The average molecular weight is 317 g/mol. The van der Waals surface area contributed by atoms with E-state index < -0.39 is 14.9 Å². The summed E-state index contributed by atoms with van der Waals surface area (Å²) in [7, 11) is -3.90. The molecule has 1 rings (SSSR count). The van der Waals surface area contributed by atoms with Crippen LogP contribution in [0.2, 0.25) is 0 Å². The standard InChI is InChI=1S/C12H19N3O5S/c1-9(2)20-7-3-6-14-11-8-10(21(13,18)19)4-5-12(11)15(16)17/h4-5,8-9,14H,3,6-7H2,1-2H3,(H2,13,18,19). The van der Waals surface area contributed by atoms with Gasteiger partial charge in [-0.25, -0.2) is 13.6 Å². The quantitative estimate of drug-likeness (QED) is 0.425. The van der Waals surface area contributed by atoms with Crippen LogP contribution in [0, 0.1) is 10.1 Å². The Kier molecular flexibility index (Phi) is 6.06. The molecule has 1 aromatic carbocycles. The third-order valence-electron chi connectivity index (χ3n) is 2.58. The first-order valence-electron chi connectivity index (χ1n) is 6.38. The molecule has 0 atom stereocenters. The number of hydrogen-bond donors (Lipinski definition) is 2. The molecule has 0 radical (unpaired) electrons. The van der Waals surface area contributed by atoms with Crippen LogP contribution in [0.3, 0.4) is 0 Å². The van der Waals surface area contributed by atoms with Crippen LogP contribution in [-0.4, -0.2) is 32.6 Å². The van der Waals surface area contributed by atoms with Gasteiger partial charge in [0.05, 0.1) is 15.9 Å². The Bertz CT molecular complexity index is 601. The van der Waals surface area contributed by atoms with Gasteiger partial charge in [-0.3, -0.25) is 10.1 Å². The van der Waals surface area contributed by atoms with E-state index in [0.29, 0.717) is 19.6 Å². The summed E-state index contributed by atoms with van der Waals surface area (Å²) in [6, 6.07) is 3.39. The first-order valence-corrected chi connectivity index (χ1v) is 7.93. The molecule has 0 saturated heterocycles. The van der Waals surface area contributed by atoms with E-state index in [9.17, 15) is 18.5 Å². The highest BCUT2D eigenvalue weighted by molar-refractivity contribution is 7.89. The van der Waals surface area contributed by atoms with Crippen molar-refractivity contribution in [3.05, 3.63) is 28.3 Å². The average Bonchev–Trinajstić information content (AvgIpc) is 2.36. The van der Waals surface area contributed by atoms with Gasteiger partial charge in [-0.1, -0.05) is 0 Å². The van der Waals surface area contributed by atoms with E-state index in [1.165, 1.54) is 0 Å². The molecule has 0 saturated carbocycles. The lowest BCUT2D eigenvalue weighted by Gasteiger charge is -2.10. The Morgan fingerprint density at radius 2 is 2.10 bits per heavy atom. The number of ether oxygens (including phenoxy) is 1. The number of nitro benzene ring substituents is 1. The fourth-order valence-corrected chi connectivity index (χ4v) is 2.15. The van der Waals surface area contributed by atoms with Crippen LogP contribution in [-0.2, 0) is 14.8 Å². The van der Waals surface area contributed by atoms with Gasteiger partial charge in [0, 0.05) is 19.2 Å². The van der Waals surface area contributed by atoms with E-state index in [-0.39, 0.29) is 22.4 Å². The first kappa shape index (κ1) is 17.3. The van der Waals surface area contributed by atoms with Gasteiger partial charge >= 0.3 is 0 Å². The summed E-state index contributed by atoms with van der Waals surface area (Å²) >= 11 is 0. The Hall–Kier alpha value is -1.71. The first-order chi connectivity index (χ1) is 9.71. The number of primary sulfonamides is 1. The van der Waals surface area contributed by atoms with E-state index >= 15 is 0 Å². The molecule has 0 amide bonds. The Morgan fingerprint density at radius 3 is 2.62 bits per heavy atom. The van der Waals surface area contributed by atoms with Gasteiger partial charge in [-0.2, -0.15) is 0 Å². The molecular weight excluding hydrogens is 298 g/mol. The van der Waals surface area contributed by atoms with Gasteiger partial charge in [0.25, 0.3) is 5.69 Å². The highest BCUT2D eigenvalue weighted by atomic mass is 32.2. The highest BCUT2D eigenvalue weighted by Crippen LogP contribution is 2.26. The van der Waals surface area contributed by atoms with E-state index in [4.69, 9.17) is 9.88 Å². The summed E-state index contributed by atoms with van der Waals surface area (Å²) < 4.78 is 27.9. The third kappa shape index (κ3) is 5.66. The van der Waals surface area contributed by atoms with Crippen LogP contribution in [0.15, 0.2) is 23.1 Å². The van der Waals surface area contributed by atoms with Crippen molar-refractivity contribution in [2.45, 2.75) is 31.3 Å². The van der Waals surface area contributed by atoms with Crippen molar-refractivity contribution in [1.29, 1.82) is 0 Å². The molecule has 0 spiro atoms. The fourth-order valence-electron chi connectivity index (χ4n) is 1.61. The van der Waals surface area contributed by atoms with Gasteiger partial charge in [0.1, 0.15) is 5.69 Å². The summed E-state index contributed by atoms with van der Waals surface area (Å²) in [5.41, 5.74) is -0.0803. The molecule has 0 aliphatic carbocycles. The SMILES string of the molecule is CC(C)OCCCNc1cc(S(N)(=O)=O)ccc1[N+](=O)[O-]. The van der Waals surface area contributed by atoms with E-state index in [0.717, 1.165) is 18.2 Å². The minimum atomic E-state index is -3.90. The number of nitro groups is 1. The molecule has 0 heterocycles. The molecule has 0 aliphatic rings. The Morgan fingerprint density at radius 1 is 1.43 bits per heavy atom. The molecule has 0 unspecified atom stereocenters. The molecule has 0 aromatic heterocycles. The van der Waals surface area contributed by atoms with Crippen molar-refractivity contribution in [2.24, 2.45) is 5.14 Å². The second kappa shape index (κ2) is 7.34. The van der Waals surface area contributed by atoms with E-state index in [2.05, 4.69) is 5.32 Å². The van der Waals surface area contributed by atoms with Crippen molar-refractivity contribution in [3.8, 4) is 0 Å². The Balaban J connectivity index is 2.80. The van der Waals surface area contributed by atoms with Crippen LogP contribution in [0.4, 0.5) is 11.4 Å². The molecule has 0 aliphatic heterocycles. The number of sulfonamides is 1. The molecule has 1 aromatic rings. The van der Waals surface area contributed by atoms with Gasteiger partial charge < -0.3 is 10.1 Å². The zero-order valence-corrected chi connectivity index (χ0v) is 12.7. The number of nitrogens with two attached hydrogens (primary N) is 1. The minimum absolute atomic E-state index is 0.116. The van der Waals surface area contributed by atoms with Gasteiger partial charge in [0.2, 0.25) is 10.0 Å². The predicted octanol–water partition coefficient (Wildman–Crippen LogP) is 1.47. The van der Waals surface area contributed by atoms with Crippen LogP contribution < -0.4 is 10.5 Å². The molecule has 3 N–H and O–H groups in total. The maximum absolute atomic E-state index is 11.3. The zero-order valence-electron chi connectivity index (χ0n) is 11.9. The molecule has 21 heavy (non-hydrogen) atoms. The molecule has 118 valence electrons. The monoisotopic (exact) mass is 317 g/mol. The van der Waals surface area contributed by atoms with Gasteiger partial charge in [0.15, 0.2) is 0 Å². The van der Waals surface area contributed by atoms with Gasteiger partial charge in [-0.15, -0.1) is 0 Å². The lowest BCUT2D eigenvalue weighted by Crippen LogP contribution is -2.14. The van der Waals surface area contributed by atoms with E-state index in [1.807, 2.05) is 13.8 Å². The van der Waals surface area contributed by atoms with Gasteiger partial charge in [-0.05, 0) is 32.4 Å². The molecule has 0 fully saturated rings. The molecule has 0 bridgehead atoms. The molecule has 8 nitrogen and oxygen atoms in total. The lowest BCUT2D eigenvalue weighted by molar-refractivity contribution is -0.384. The topological polar surface area (TPSA) is 125 Å². The van der Waals surface area contributed by atoms with E-state index in [1.54, 1.807) is 0 Å². The number of anilines is 1. The summed E-state index contributed by atoms with van der Waals surface area (Å²) in [6.07, 6.45) is 0.750. The predicted molar refractivity (Wildman–Crippen MR) is 78.7 cm³/mol. The lowest BCUT2D eigenvalue weighted by atomic mass is 10.2. The number of hydrogen-bond acceptors (Lipinski definition) is 6. The maximum atomic E-state index is 11.3. The smallest absolute Gasteiger partial charge is 0.292 e. The second-order valence-electron chi connectivity index (χ2n) is 4.68. The second-order valence-corrected chi connectivity index (χ2v) is 6.24. The van der Waals surface area contributed by atoms with Crippen LogP contribution in [0.1, 0.15) is 20.3 Å². The van der Waals surface area contributed by atoms with Crippen LogP contribution >= 0.6 is 0 Å². The maximum Gasteiger partial charge on any atom is 0.292 e. The zero-order chi connectivity index (χ0) is 16.0. The number of rotatable bonds is 8. The summed E-state index contributed by atoms with van der Waals surface area (Å²) in [6.45, 7) is 4.75. The van der Waals surface area contributed by atoms with Crippen LogP contribution in [0.5, 0.6) is 0 Å². The summed E-state index contributed by atoms with van der Waals surface area (Å²) in [4.78, 5) is 10.2. The third-order valence-corrected chi connectivity index (χ3v) is 3.49. The molecular formula is C12H19N3O5S. The fraction of sp³-hybridized carbons (Fsp3) is 0.500. The summed E-state index contributed by atoms with van der Waals surface area (Å²) in [5.74, 6) is 0. The minimum Gasteiger partial charge on any atom is -0.379 e. The number of nitrogens with zero attached hydrogens (tertiary/aromatic N) is 1. The van der Waals surface area contributed by atoms with Crippen molar-refractivity contribution in [1.82, 2.24) is 0 Å². The molecule has 9 heteroatoms. The normalized spacial score (nSPS) is 11.6.